The average molecular weight is 334 g/mol. The number of methoxy groups -OCH3 is 1. The van der Waals surface area contributed by atoms with Crippen LogP contribution in [0.25, 0.3) is 0 Å². The fourth-order valence-corrected chi connectivity index (χ4v) is 2.79. The van der Waals surface area contributed by atoms with Gasteiger partial charge in [0.25, 0.3) is 0 Å². The van der Waals surface area contributed by atoms with Gasteiger partial charge in [0.2, 0.25) is 0 Å². The number of aromatic hydroxyl groups is 1. The molecule has 0 amide bonds. The molecule has 0 aliphatic heterocycles. The van der Waals surface area contributed by atoms with Gasteiger partial charge in [0.05, 0.1) is 24.4 Å². The molecule has 1 aromatic carbocycles. The number of guanidine groups is 1. The lowest BCUT2D eigenvalue weighted by Crippen LogP contribution is -2.38. The fourth-order valence-electron chi connectivity index (χ4n) is 2.19. The van der Waals surface area contributed by atoms with E-state index in [0.29, 0.717) is 18.8 Å². The number of ether oxygens (including phenoxy) is 1. The first-order chi connectivity index (χ1) is 11.0. The monoisotopic (exact) mass is 334 g/mol. The number of thiazole rings is 1. The third-order valence-electron chi connectivity index (χ3n) is 3.36. The second-order valence-corrected chi connectivity index (χ2v) is 6.17. The van der Waals surface area contributed by atoms with Crippen molar-refractivity contribution in [3.8, 4) is 11.5 Å². The fraction of sp³-hybridized carbons (Fsp3) is 0.375. The maximum Gasteiger partial charge on any atom is 0.194 e. The molecule has 124 valence electrons. The van der Waals surface area contributed by atoms with Crippen LogP contribution < -0.4 is 10.1 Å². The largest absolute Gasteiger partial charge is 0.508 e. The molecule has 1 heterocycles. The van der Waals surface area contributed by atoms with Gasteiger partial charge in [-0.15, -0.1) is 11.3 Å². The Labute approximate surface area is 140 Å². The molecule has 7 heteroatoms. The maximum absolute atomic E-state index is 9.93. The van der Waals surface area contributed by atoms with Crippen molar-refractivity contribution in [1.29, 1.82) is 0 Å². The summed E-state index contributed by atoms with van der Waals surface area (Å²) in [5, 5.41) is 16.3. The van der Waals surface area contributed by atoms with E-state index in [1.807, 2.05) is 24.3 Å². The van der Waals surface area contributed by atoms with Gasteiger partial charge in [-0.2, -0.15) is 0 Å². The zero-order chi connectivity index (χ0) is 16.8. The number of phenols is 1. The van der Waals surface area contributed by atoms with Crippen LogP contribution in [0.2, 0.25) is 0 Å². The minimum Gasteiger partial charge on any atom is -0.508 e. The van der Waals surface area contributed by atoms with Crippen molar-refractivity contribution < 1.29 is 9.84 Å². The van der Waals surface area contributed by atoms with Crippen molar-refractivity contribution >= 4 is 17.3 Å². The Morgan fingerprint density at radius 1 is 1.48 bits per heavy atom. The first kappa shape index (κ1) is 17.1. The summed E-state index contributed by atoms with van der Waals surface area (Å²) in [6.45, 7) is 3.12. The molecule has 6 nitrogen and oxygen atoms in total. The molecule has 0 unspecified atom stereocenters. The molecule has 0 radical (unpaired) electrons. The highest BCUT2D eigenvalue weighted by molar-refractivity contribution is 7.09. The van der Waals surface area contributed by atoms with Crippen molar-refractivity contribution in [2.45, 2.75) is 20.0 Å². The number of rotatable bonds is 5. The first-order valence-corrected chi connectivity index (χ1v) is 8.10. The number of aliphatic imine (C=N–C) groups is 1. The van der Waals surface area contributed by atoms with Crippen LogP contribution in [0.3, 0.4) is 0 Å². The summed E-state index contributed by atoms with van der Waals surface area (Å²) in [7, 11) is 5.29. The number of aryl methyl sites for hydroxylation is 1. The van der Waals surface area contributed by atoms with Crippen molar-refractivity contribution in [2.24, 2.45) is 4.99 Å². The Balaban J connectivity index is 1.99. The van der Waals surface area contributed by atoms with Crippen molar-refractivity contribution in [2.75, 3.05) is 21.2 Å². The second-order valence-electron chi connectivity index (χ2n) is 5.11. The van der Waals surface area contributed by atoms with Gasteiger partial charge < -0.3 is 20.1 Å². The molecule has 0 bridgehead atoms. The number of hydrogen-bond acceptors (Lipinski definition) is 5. The van der Waals surface area contributed by atoms with Crippen LogP contribution in [0.5, 0.6) is 11.5 Å². The summed E-state index contributed by atoms with van der Waals surface area (Å²) < 4.78 is 5.19. The average Bonchev–Trinajstić information content (AvgIpc) is 2.94. The van der Waals surface area contributed by atoms with E-state index in [0.717, 1.165) is 22.2 Å². The Bertz CT molecular complexity index is 684. The molecule has 1 aromatic heterocycles. The Morgan fingerprint density at radius 2 is 2.26 bits per heavy atom. The lowest BCUT2D eigenvalue weighted by molar-refractivity contribution is 0.410. The first-order valence-electron chi connectivity index (χ1n) is 7.22. The number of aromatic nitrogens is 1. The molecule has 0 aliphatic carbocycles. The van der Waals surface area contributed by atoms with E-state index in [-0.39, 0.29) is 5.75 Å². The number of hydrogen-bond donors (Lipinski definition) is 2. The van der Waals surface area contributed by atoms with Gasteiger partial charge in [0, 0.05) is 31.6 Å². The van der Waals surface area contributed by atoms with Crippen LogP contribution in [0.4, 0.5) is 0 Å². The van der Waals surface area contributed by atoms with Gasteiger partial charge in [-0.3, -0.25) is 4.99 Å². The highest BCUT2D eigenvalue weighted by Crippen LogP contribution is 2.22. The van der Waals surface area contributed by atoms with E-state index in [1.54, 1.807) is 43.7 Å². The van der Waals surface area contributed by atoms with Gasteiger partial charge in [-0.25, -0.2) is 4.98 Å². The highest BCUT2D eigenvalue weighted by atomic mass is 32.1. The van der Waals surface area contributed by atoms with Crippen molar-refractivity contribution in [3.05, 3.63) is 39.8 Å². The molecule has 2 rings (SSSR count). The van der Waals surface area contributed by atoms with E-state index in [2.05, 4.69) is 15.3 Å². The number of benzene rings is 1. The van der Waals surface area contributed by atoms with Gasteiger partial charge >= 0.3 is 0 Å². The van der Waals surface area contributed by atoms with Crippen LogP contribution in [0.1, 0.15) is 16.3 Å². The third-order valence-corrected chi connectivity index (χ3v) is 4.19. The van der Waals surface area contributed by atoms with Crippen LogP contribution in [0, 0.1) is 6.92 Å². The van der Waals surface area contributed by atoms with Gasteiger partial charge in [-0.1, -0.05) is 0 Å². The summed E-state index contributed by atoms with van der Waals surface area (Å²) in [5.74, 6) is 1.67. The number of phenolic OH excluding ortho intramolecular Hbond substituents is 1. The van der Waals surface area contributed by atoms with Crippen LogP contribution in [-0.4, -0.2) is 42.2 Å². The molecule has 0 aliphatic rings. The van der Waals surface area contributed by atoms with E-state index in [4.69, 9.17) is 4.74 Å². The number of nitrogens with one attached hydrogen (secondary N) is 1. The van der Waals surface area contributed by atoms with E-state index in [9.17, 15) is 5.11 Å². The van der Waals surface area contributed by atoms with Gasteiger partial charge in [0.15, 0.2) is 5.96 Å². The second kappa shape index (κ2) is 7.82. The topological polar surface area (TPSA) is 70.0 Å². The van der Waals surface area contributed by atoms with E-state index >= 15 is 0 Å². The molecule has 0 saturated carbocycles. The molecule has 0 saturated heterocycles. The normalized spacial score (nSPS) is 11.4. The quantitative estimate of drug-likeness (QED) is 0.649. The predicted molar refractivity (Wildman–Crippen MR) is 93.2 cm³/mol. The van der Waals surface area contributed by atoms with E-state index < -0.39 is 0 Å². The molecular weight excluding hydrogens is 312 g/mol. The SMILES string of the molecule is CN=C(NCc1cc(OC)ccc1O)N(C)Cc1csc(C)n1. The van der Waals surface area contributed by atoms with Gasteiger partial charge in [0.1, 0.15) is 11.5 Å². The summed E-state index contributed by atoms with van der Waals surface area (Å²) in [4.78, 5) is 10.7. The van der Waals surface area contributed by atoms with E-state index in [1.165, 1.54) is 0 Å². The molecule has 23 heavy (non-hydrogen) atoms. The highest BCUT2D eigenvalue weighted by Gasteiger charge is 2.10. The van der Waals surface area contributed by atoms with Crippen LogP contribution >= 0.6 is 11.3 Å². The van der Waals surface area contributed by atoms with Gasteiger partial charge in [-0.05, 0) is 25.1 Å². The summed E-state index contributed by atoms with van der Waals surface area (Å²) in [6, 6.07) is 5.16. The lowest BCUT2D eigenvalue weighted by Gasteiger charge is -2.21. The van der Waals surface area contributed by atoms with Crippen LogP contribution in [0.15, 0.2) is 28.6 Å². The summed E-state index contributed by atoms with van der Waals surface area (Å²) in [6.07, 6.45) is 0. The van der Waals surface area contributed by atoms with Crippen LogP contribution in [-0.2, 0) is 13.1 Å². The minimum absolute atomic E-state index is 0.228. The molecular formula is C16H22N4O2S. The Hall–Kier alpha value is -2.28. The molecule has 0 fully saturated rings. The Kier molecular flexibility index (Phi) is 5.81. The zero-order valence-corrected chi connectivity index (χ0v) is 14.6. The summed E-state index contributed by atoms with van der Waals surface area (Å²) >= 11 is 1.64. The molecule has 0 atom stereocenters. The van der Waals surface area contributed by atoms with Crippen molar-refractivity contribution in [3.63, 3.8) is 0 Å². The van der Waals surface area contributed by atoms with Crippen molar-refractivity contribution in [1.82, 2.24) is 15.2 Å². The Morgan fingerprint density at radius 3 is 2.87 bits per heavy atom. The maximum atomic E-state index is 9.93. The summed E-state index contributed by atoms with van der Waals surface area (Å²) in [5.41, 5.74) is 1.77. The number of nitrogens with zero attached hydrogens (tertiary/aromatic N) is 3. The standard InChI is InChI=1S/C16H22N4O2S/c1-11-19-13(10-23-11)9-20(3)16(17-2)18-8-12-7-14(22-4)5-6-15(12)21/h5-7,10,21H,8-9H2,1-4H3,(H,17,18). The predicted octanol–water partition coefficient (Wildman–Crippen LogP) is 2.37. The third kappa shape index (κ3) is 4.59. The smallest absolute Gasteiger partial charge is 0.194 e. The minimum atomic E-state index is 0.228. The zero-order valence-electron chi connectivity index (χ0n) is 13.8. The molecule has 0 spiro atoms. The lowest BCUT2D eigenvalue weighted by atomic mass is 10.2. The molecule has 2 aromatic rings. The molecule has 2 N–H and O–H groups in total.